The summed E-state index contributed by atoms with van der Waals surface area (Å²) in [6.07, 6.45) is 0. The predicted octanol–water partition coefficient (Wildman–Crippen LogP) is 13.1. The van der Waals surface area contributed by atoms with E-state index >= 15 is 0 Å². The Kier molecular flexibility index (Phi) is 6.83. The van der Waals surface area contributed by atoms with Crippen molar-refractivity contribution < 1.29 is 4.42 Å². The van der Waals surface area contributed by atoms with E-state index in [0.29, 0.717) is 17.5 Å². The number of aromatic nitrogens is 4. The molecule has 53 heavy (non-hydrogen) atoms. The molecule has 0 unspecified atom stereocenters. The molecule has 0 radical (unpaired) electrons. The molecule has 5 nitrogen and oxygen atoms in total. The SMILES string of the molecule is c1ccc(-c2nc(-c3cccc(-c4cccc5c4sc4ccc(-c6nc7ccccc7s6)cc45)c3)nc(-c3ccc4oc5ccccc5c4c3)n2)cc1. The van der Waals surface area contributed by atoms with E-state index in [1.54, 1.807) is 11.3 Å². The van der Waals surface area contributed by atoms with Gasteiger partial charge in [0, 0.05) is 53.2 Å². The van der Waals surface area contributed by atoms with Crippen molar-refractivity contribution in [2.75, 3.05) is 0 Å². The van der Waals surface area contributed by atoms with Gasteiger partial charge in [-0.05, 0) is 65.7 Å². The molecule has 0 aliphatic carbocycles. The van der Waals surface area contributed by atoms with Gasteiger partial charge in [-0.3, -0.25) is 0 Å². The van der Waals surface area contributed by atoms with Crippen molar-refractivity contribution in [3.63, 3.8) is 0 Å². The largest absolute Gasteiger partial charge is 0.456 e. The molecule has 11 rings (SSSR count). The number of para-hydroxylation sites is 2. The summed E-state index contributed by atoms with van der Waals surface area (Å²) < 4.78 is 9.83. The van der Waals surface area contributed by atoms with Gasteiger partial charge in [-0.2, -0.15) is 0 Å². The topological polar surface area (TPSA) is 64.7 Å². The minimum atomic E-state index is 0.613. The van der Waals surface area contributed by atoms with Crippen molar-refractivity contribution in [1.82, 2.24) is 19.9 Å². The van der Waals surface area contributed by atoms with Gasteiger partial charge < -0.3 is 4.42 Å². The lowest BCUT2D eigenvalue weighted by molar-refractivity contribution is 0.669. The lowest BCUT2D eigenvalue weighted by Gasteiger charge is -2.10. The first kappa shape index (κ1) is 30.1. The molecular weight excluding hydrogens is 689 g/mol. The third kappa shape index (κ3) is 5.12. The van der Waals surface area contributed by atoms with Crippen LogP contribution in [0.2, 0.25) is 0 Å². The molecule has 11 aromatic rings. The lowest BCUT2D eigenvalue weighted by Crippen LogP contribution is -2.00. The molecule has 0 atom stereocenters. The highest BCUT2D eigenvalue weighted by Gasteiger charge is 2.17. The zero-order valence-electron chi connectivity index (χ0n) is 28.0. The third-order valence-corrected chi connectivity index (χ3v) is 12.1. The molecule has 0 spiro atoms. The van der Waals surface area contributed by atoms with Gasteiger partial charge in [-0.1, -0.05) is 103 Å². The number of benzene rings is 7. The summed E-state index contributed by atoms with van der Waals surface area (Å²) in [7, 11) is 0. The van der Waals surface area contributed by atoms with Crippen LogP contribution >= 0.6 is 22.7 Å². The molecule has 248 valence electrons. The van der Waals surface area contributed by atoms with Crippen LogP contribution in [-0.2, 0) is 0 Å². The first-order valence-electron chi connectivity index (χ1n) is 17.4. The van der Waals surface area contributed by atoms with Crippen LogP contribution in [0.4, 0.5) is 0 Å². The Balaban J connectivity index is 1.03. The minimum Gasteiger partial charge on any atom is -0.456 e. The fourth-order valence-corrected chi connectivity index (χ4v) is 9.38. The van der Waals surface area contributed by atoms with Gasteiger partial charge in [0.25, 0.3) is 0 Å². The van der Waals surface area contributed by atoms with Crippen LogP contribution in [0.1, 0.15) is 0 Å². The van der Waals surface area contributed by atoms with E-state index < -0.39 is 0 Å². The van der Waals surface area contributed by atoms with Crippen LogP contribution in [0, 0.1) is 0 Å². The third-order valence-electron chi connectivity index (χ3n) is 9.77. The van der Waals surface area contributed by atoms with Gasteiger partial charge in [0.05, 0.1) is 10.2 Å². The Hall–Kier alpha value is -6.54. The van der Waals surface area contributed by atoms with Gasteiger partial charge in [0.2, 0.25) is 0 Å². The smallest absolute Gasteiger partial charge is 0.164 e. The van der Waals surface area contributed by atoms with E-state index in [2.05, 4.69) is 91.0 Å². The second kappa shape index (κ2) is 12.0. The molecule has 4 heterocycles. The maximum atomic E-state index is 6.12. The number of rotatable bonds is 5. The second-order valence-corrected chi connectivity index (χ2v) is 15.1. The maximum Gasteiger partial charge on any atom is 0.164 e. The van der Waals surface area contributed by atoms with Crippen LogP contribution in [-0.4, -0.2) is 19.9 Å². The Morgan fingerprint density at radius 3 is 1.92 bits per heavy atom. The Morgan fingerprint density at radius 2 is 1.04 bits per heavy atom. The van der Waals surface area contributed by atoms with Crippen molar-refractivity contribution in [1.29, 1.82) is 0 Å². The normalized spacial score (nSPS) is 11.8. The van der Waals surface area contributed by atoms with Crippen molar-refractivity contribution in [3.05, 3.63) is 158 Å². The summed E-state index contributed by atoms with van der Waals surface area (Å²) in [6.45, 7) is 0. The van der Waals surface area contributed by atoms with Gasteiger partial charge in [0.1, 0.15) is 16.2 Å². The average Bonchev–Trinajstić information content (AvgIpc) is 3.94. The molecule has 0 N–H and O–H groups in total. The molecule has 0 fully saturated rings. The molecule has 7 aromatic carbocycles. The monoisotopic (exact) mass is 714 g/mol. The molecule has 0 amide bonds. The highest BCUT2D eigenvalue weighted by molar-refractivity contribution is 7.26. The number of thiophene rings is 1. The number of hydrogen-bond donors (Lipinski definition) is 0. The van der Waals surface area contributed by atoms with E-state index in [9.17, 15) is 0 Å². The average molecular weight is 715 g/mol. The highest BCUT2D eigenvalue weighted by atomic mass is 32.1. The van der Waals surface area contributed by atoms with Crippen molar-refractivity contribution in [2.45, 2.75) is 0 Å². The predicted molar refractivity (Wildman–Crippen MR) is 220 cm³/mol. The summed E-state index contributed by atoms with van der Waals surface area (Å²) in [6, 6.07) is 54.6. The van der Waals surface area contributed by atoms with E-state index in [-0.39, 0.29) is 0 Å². The van der Waals surface area contributed by atoms with Crippen LogP contribution in [0.3, 0.4) is 0 Å². The quantitative estimate of drug-likeness (QED) is 0.178. The van der Waals surface area contributed by atoms with E-state index in [1.807, 2.05) is 78.1 Å². The van der Waals surface area contributed by atoms with Gasteiger partial charge in [-0.15, -0.1) is 22.7 Å². The molecular formula is C46H26N4OS2. The summed E-state index contributed by atoms with van der Waals surface area (Å²) >= 11 is 3.57. The molecule has 0 saturated heterocycles. The first-order chi connectivity index (χ1) is 26.2. The van der Waals surface area contributed by atoms with Crippen molar-refractivity contribution >= 4 is 75.0 Å². The van der Waals surface area contributed by atoms with Gasteiger partial charge in [-0.25, -0.2) is 19.9 Å². The molecule has 0 aliphatic rings. The highest BCUT2D eigenvalue weighted by Crippen LogP contribution is 2.43. The Bertz CT molecular complexity index is 3160. The summed E-state index contributed by atoms with van der Waals surface area (Å²) in [5.41, 5.74) is 8.94. The zero-order valence-corrected chi connectivity index (χ0v) is 29.7. The zero-order chi connectivity index (χ0) is 34.9. The van der Waals surface area contributed by atoms with E-state index in [1.165, 1.54) is 30.4 Å². The van der Waals surface area contributed by atoms with Gasteiger partial charge in [0.15, 0.2) is 17.5 Å². The lowest BCUT2D eigenvalue weighted by atomic mass is 10.00. The van der Waals surface area contributed by atoms with E-state index in [4.69, 9.17) is 24.4 Å². The molecule has 0 bridgehead atoms. The molecule has 0 aliphatic heterocycles. The second-order valence-electron chi connectivity index (χ2n) is 13.0. The number of nitrogens with zero attached hydrogens (tertiary/aromatic N) is 4. The minimum absolute atomic E-state index is 0.613. The number of fused-ring (bicyclic) bond motifs is 7. The van der Waals surface area contributed by atoms with Crippen molar-refractivity contribution in [3.8, 4) is 55.9 Å². The molecule has 0 saturated carbocycles. The summed E-state index contributed by atoms with van der Waals surface area (Å²) in [5.74, 6) is 1.86. The van der Waals surface area contributed by atoms with Crippen LogP contribution in [0.25, 0.3) is 108 Å². The van der Waals surface area contributed by atoms with E-state index in [0.717, 1.165) is 60.3 Å². The van der Waals surface area contributed by atoms with Crippen LogP contribution < -0.4 is 0 Å². The van der Waals surface area contributed by atoms with Crippen molar-refractivity contribution in [2.24, 2.45) is 0 Å². The first-order valence-corrected chi connectivity index (χ1v) is 19.0. The molecule has 7 heteroatoms. The number of hydrogen-bond acceptors (Lipinski definition) is 7. The summed E-state index contributed by atoms with van der Waals surface area (Å²) in [4.78, 5) is 20.1. The van der Waals surface area contributed by atoms with Gasteiger partial charge >= 0.3 is 0 Å². The maximum absolute atomic E-state index is 6.12. The Morgan fingerprint density at radius 1 is 0.377 bits per heavy atom. The molecule has 4 aromatic heterocycles. The number of furan rings is 1. The van der Waals surface area contributed by atoms with Crippen LogP contribution in [0.15, 0.2) is 162 Å². The summed E-state index contributed by atoms with van der Waals surface area (Å²) in [5, 5.41) is 5.63. The van der Waals surface area contributed by atoms with Crippen LogP contribution in [0.5, 0.6) is 0 Å². The Labute approximate surface area is 311 Å². The standard InChI is InChI=1S/C46H26N4OS2/c1-2-10-27(11-3-1)43-48-44(50-45(49-43)30-20-22-39-35(25-30)33-14-4-6-18-38(33)51-39)29-13-8-12-28(24-29)32-15-9-16-34-36-26-31(21-23-40(36)52-42(32)34)46-47-37-17-5-7-19-41(37)53-46/h1-26H. The fraction of sp³-hybridized carbons (Fsp3) is 0. The number of thiazole rings is 1. The fourth-order valence-electron chi connectivity index (χ4n) is 7.20.